The Hall–Kier alpha value is -2.84. The Morgan fingerprint density at radius 3 is 2.86 bits per heavy atom. The third-order valence-electron chi connectivity index (χ3n) is 5.41. The Labute approximate surface area is 169 Å². The molecular formula is C23H21N3OS. The van der Waals surface area contributed by atoms with Crippen molar-refractivity contribution < 1.29 is 4.79 Å². The number of hydrogen-bond donors (Lipinski definition) is 0. The highest BCUT2D eigenvalue weighted by Crippen LogP contribution is 2.33. The van der Waals surface area contributed by atoms with Gasteiger partial charge in [0, 0.05) is 17.1 Å². The molecule has 1 aliphatic rings. The number of nitrogens with zero attached hydrogens (tertiary/aromatic N) is 3. The molecule has 0 saturated carbocycles. The van der Waals surface area contributed by atoms with Crippen LogP contribution >= 0.6 is 11.8 Å². The number of aryl methyl sites for hydroxylation is 2. The van der Waals surface area contributed by atoms with E-state index in [1.165, 1.54) is 22.9 Å². The van der Waals surface area contributed by atoms with Gasteiger partial charge in [0.05, 0.1) is 16.8 Å². The molecule has 0 fully saturated rings. The monoisotopic (exact) mass is 387 g/mol. The SMILES string of the molecule is Cc1ccc2cc(C#N)c(SCC(=O)N3c4ccccc4C[C@@H]3C)nc2c1C. The van der Waals surface area contributed by atoms with Crippen molar-refractivity contribution >= 4 is 34.3 Å². The van der Waals surface area contributed by atoms with Crippen molar-refractivity contribution in [2.75, 3.05) is 10.7 Å². The van der Waals surface area contributed by atoms with Crippen LogP contribution in [-0.4, -0.2) is 22.7 Å². The van der Waals surface area contributed by atoms with Crippen molar-refractivity contribution in [1.29, 1.82) is 5.26 Å². The van der Waals surface area contributed by atoms with E-state index >= 15 is 0 Å². The summed E-state index contributed by atoms with van der Waals surface area (Å²) in [6.07, 6.45) is 0.878. The highest BCUT2D eigenvalue weighted by Gasteiger charge is 2.30. The molecule has 2 aromatic carbocycles. The molecule has 1 amide bonds. The second-order valence-electron chi connectivity index (χ2n) is 7.27. The van der Waals surface area contributed by atoms with Gasteiger partial charge in [0.15, 0.2) is 0 Å². The number of nitriles is 1. The highest BCUT2D eigenvalue weighted by atomic mass is 32.2. The maximum atomic E-state index is 13.0. The highest BCUT2D eigenvalue weighted by molar-refractivity contribution is 8.00. The average molecular weight is 388 g/mol. The van der Waals surface area contributed by atoms with Gasteiger partial charge in [-0.05, 0) is 56.0 Å². The lowest BCUT2D eigenvalue weighted by molar-refractivity contribution is -0.116. The van der Waals surface area contributed by atoms with Gasteiger partial charge < -0.3 is 4.90 Å². The molecule has 140 valence electrons. The number of para-hydroxylation sites is 1. The van der Waals surface area contributed by atoms with Gasteiger partial charge in [0.1, 0.15) is 11.1 Å². The first-order valence-corrected chi connectivity index (χ1v) is 10.3. The number of fused-ring (bicyclic) bond motifs is 2. The summed E-state index contributed by atoms with van der Waals surface area (Å²) < 4.78 is 0. The van der Waals surface area contributed by atoms with Crippen LogP contribution in [0.25, 0.3) is 10.9 Å². The first kappa shape index (κ1) is 18.5. The Morgan fingerprint density at radius 2 is 2.07 bits per heavy atom. The summed E-state index contributed by atoms with van der Waals surface area (Å²) in [6.45, 7) is 6.17. The van der Waals surface area contributed by atoms with Crippen LogP contribution in [0.1, 0.15) is 29.2 Å². The molecular weight excluding hydrogens is 366 g/mol. The molecule has 2 heterocycles. The number of anilines is 1. The maximum absolute atomic E-state index is 13.0. The van der Waals surface area contributed by atoms with E-state index in [1.807, 2.05) is 48.2 Å². The minimum atomic E-state index is 0.0502. The molecule has 3 aromatic rings. The Balaban J connectivity index is 1.61. The molecule has 1 atom stereocenters. The number of aromatic nitrogens is 1. The number of carbonyl (C=O) groups excluding carboxylic acids is 1. The molecule has 4 rings (SSSR count). The summed E-state index contributed by atoms with van der Waals surface area (Å²) in [5.74, 6) is 0.311. The first-order chi connectivity index (χ1) is 13.5. The van der Waals surface area contributed by atoms with Crippen molar-refractivity contribution in [3.05, 3.63) is 64.7 Å². The summed E-state index contributed by atoms with van der Waals surface area (Å²) in [5.41, 5.74) is 5.90. The molecule has 0 saturated heterocycles. The summed E-state index contributed by atoms with van der Waals surface area (Å²) in [7, 11) is 0. The van der Waals surface area contributed by atoms with Gasteiger partial charge in [-0.2, -0.15) is 5.26 Å². The van der Waals surface area contributed by atoms with E-state index in [1.54, 1.807) is 0 Å². The first-order valence-electron chi connectivity index (χ1n) is 9.33. The number of rotatable bonds is 3. The Kier molecular flexibility index (Phi) is 4.82. The predicted octanol–water partition coefficient (Wildman–Crippen LogP) is 4.79. The molecule has 0 N–H and O–H groups in total. The number of thioether (sulfide) groups is 1. The summed E-state index contributed by atoms with van der Waals surface area (Å²) in [6, 6.07) is 16.3. The van der Waals surface area contributed by atoms with Crippen LogP contribution in [0.2, 0.25) is 0 Å². The second kappa shape index (κ2) is 7.29. The van der Waals surface area contributed by atoms with E-state index in [0.717, 1.165) is 28.6 Å². The molecule has 28 heavy (non-hydrogen) atoms. The minimum absolute atomic E-state index is 0.0502. The fourth-order valence-corrected chi connectivity index (χ4v) is 4.62. The van der Waals surface area contributed by atoms with Gasteiger partial charge >= 0.3 is 0 Å². The largest absolute Gasteiger partial charge is 0.308 e. The van der Waals surface area contributed by atoms with Crippen molar-refractivity contribution in [2.45, 2.75) is 38.3 Å². The third kappa shape index (κ3) is 3.14. The van der Waals surface area contributed by atoms with E-state index in [9.17, 15) is 10.1 Å². The van der Waals surface area contributed by atoms with Crippen LogP contribution in [0.5, 0.6) is 0 Å². The topological polar surface area (TPSA) is 57.0 Å². The fraction of sp³-hybridized carbons (Fsp3) is 0.261. The lowest BCUT2D eigenvalue weighted by atomic mass is 10.0. The van der Waals surface area contributed by atoms with Gasteiger partial charge in [-0.25, -0.2) is 4.98 Å². The van der Waals surface area contributed by atoms with E-state index in [2.05, 4.69) is 26.0 Å². The average Bonchev–Trinajstić information content (AvgIpc) is 3.04. The standard InChI is InChI=1S/C23H21N3OS/c1-14-8-9-18-11-19(12-24)23(25-22(18)16(14)3)28-13-21(27)26-15(2)10-17-6-4-5-7-20(17)26/h4-9,11,15H,10,13H2,1-3H3/t15-/m0/s1. The molecule has 4 nitrogen and oxygen atoms in total. The molecule has 1 aliphatic heterocycles. The molecule has 0 radical (unpaired) electrons. The van der Waals surface area contributed by atoms with E-state index in [4.69, 9.17) is 4.98 Å². The lowest BCUT2D eigenvalue weighted by Crippen LogP contribution is -2.37. The maximum Gasteiger partial charge on any atom is 0.237 e. The molecule has 5 heteroatoms. The van der Waals surface area contributed by atoms with Gasteiger partial charge in [0.2, 0.25) is 5.91 Å². The van der Waals surface area contributed by atoms with Crippen LogP contribution in [-0.2, 0) is 11.2 Å². The number of benzene rings is 2. The van der Waals surface area contributed by atoms with Crippen LogP contribution < -0.4 is 4.90 Å². The quantitative estimate of drug-likeness (QED) is 0.606. The minimum Gasteiger partial charge on any atom is -0.308 e. The molecule has 0 bridgehead atoms. The van der Waals surface area contributed by atoms with Gasteiger partial charge in [-0.1, -0.05) is 42.1 Å². The number of amides is 1. The number of pyridine rings is 1. The van der Waals surface area contributed by atoms with Crippen molar-refractivity contribution in [2.24, 2.45) is 0 Å². The van der Waals surface area contributed by atoms with E-state index < -0.39 is 0 Å². The summed E-state index contributed by atoms with van der Waals surface area (Å²) in [5, 5.41) is 11.1. The van der Waals surface area contributed by atoms with Crippen LogP contribution in [0.4, 0.5) is 5.69 Å². The lowest BCUT2D eigenvalue weighted by Gasteiger charge is -2.22. The molecule has 1 aromatic heterocycles. The molecule has 0 aliphatic carbocycles. The summed E-state index contributed by atoms with van der Waals surface area (Å²) >= 11 is 1.35. The Bertz CT molecular complexity index is 1130. The van der Waals surface area contributed by atoms with Crippen molar-refractivity contribution in [1.82, 2.24) is 4.98 Å². The van der Waals surface area contributed by atoms with Gasteiger partial charge in [0.25, 0.3) is 0 Å². The zero-order valence-electron chi connectivity index (χ0n) is 16.2. The predicted molar refractivity (Wildman–Crippen MR) is 114 cm³/mol. The van der Waals surface area contributed by atoms with Gasteiger partial charge in [-0.15, -0.1) is 0 Å². The van der Waals surface area contributed by atoms with Crippen LogP contribution in [0.3, 0.4) is 0 Å². The zero-order chi connectivity index (χ0) is 19.8. The van der Waals surface area contributed by atoms with E-state index in [-0.39, 0.29) is 17.7 Å². The third-order valence-corrected chi connectivity index (χ3v) is 6.38. The smallest absolute Gasteiger partial charge is 0.237 e. The normalized spacial score (nSPS) is 15.5. The van der Waals surface area contributed by atoms with Crippen LogP contribution in [0, 0.1) is 25.2 Å². The number of hydrogen-bond acceptors (Lipinski definition) is 4. The number of carbonyl (C=O) groups is 1. The van der Waals surface area contributed by atoms with Gasteiger partial charge in [-0.3, -0.25) is 4.79 Å². The summed E-state index contributed by atoms with van der Waals surface area (Å²) in [4.78, 5) is 19.6. The van der Waals surface area contributed by atoms with Crippen molar-refractivity contribution in [3.63, 3.8) is 0 Å². The molecule has 0 unspecified atom stereocenters. The Morgan fingerprint density at radius 1 is 1.29 bits per heavy atom. The van der Waals surface area contributed by atoms with E-state index in [0.29, 0.717) is 10.6 Å². The van der Waals surface area contributed by atoms with Crippen LogP contribution in [0.15, 0.2) is 47.5 Å². The molecule has 0 spiro atoms. The van der Waals surface area contributed by atoms with Crippen molar-refractivity contribution in [3.8, 4) is 6.07 Å². The zero-order valence-corrected chi connectivity index (χ0v) is 17.0. The fourth-order valence-electron chi connectivity index (χ4n) is 3.80. The second-order valence-corrected chi connectivity index (χ2v) is 8.23.